The summed E-state index contributed by atoms with van der Waals surface area (Å²) in [5.41, 5.74) is 12.4. The van der Waals surface area contributed by atoms with Crippen molar-refractivity contribution < 1.29 is 18.2 Å². The predicted molar refractivity (Wildman–Crippen MR) is 127 cm³/mol. The largest absolute Gasteiger partial charge is 0.365 e. The Labute approximate surface area is 187 Å². The minimum absolute atomic E-state index is 0.277. The minimum Gasteiger partial charge on any atom is -0.365 e. The smallest absolute Gasteiger partial charge is 0.256 e. The Hall–Kier alpha value is -3.71. The van der Waals surface area contributed by atoms with Gasteiger partial charge in [-0.25, -0.2) is 13.4 Å². The number of fused-ring (bicyclic) bond motifs is 1. The number of hydrogen-bond donors (Lipinski definition) is 2. The van der Waals surface area contributed by atoms with E-state index in [9.17, 15) is 13.2 Å². The van der Waals surface area contributed by atoms with Crippen molar-refractivity contribution in [1.29, 1.82) is 0 Å². The number of sulfone groups is 1. The number of aromatic amines is 1. The summed E-state index contributed by atoms with van der Waals surface area (Å²) in [6, 6.07) is 18.6. The Balaban J connectivity index is 1.80. The van der Waals surface area contributed by atoms with Gasteiger partial charge >= 0.3 is 0 Å². The highest BCUT2D eigenvalue weighted by molar-refractivity contribution is 7.90. The molecule has 0 radical (unpaired) electrons. The maximum Gasteiger partial charge on any atom is 0.256 e. The average molecular weight is 447 g/mol. The fraction of sp³-hybridized carbons (Fsp3) is 0.120. The molecule has 162 valence electrons. The molecule has 4 aromatic rings. The maximum absolute atomic E-state index is 12.1. The molecule has 7 heteroatoms. The summed E-state index contributed by atoms with van der Waals surface area (Å²) in [5.74, 6) is -0.532. The predicted octanol–water partition coefficient (Wildman–Crippen LogP) is 4.18. The van der Waals surface area contributed by atoms with Gasteiger partial charge in [-0.15, -0.1) is 0 Å². The van der Waals surface area contributed by atoms with Gasteiger partial charge in [0.05, 0.1) is 16.0 Å². The summed E-state index contributed by atoms with van der Waals surface area (Å²) in [5, 5.41) is 4.18. The third-order valence-corrected chi connectivity index (χ3v) is 6.72. The topological polar surface area (TPSA) is 103 Å². The molecular weight excluding hydrogens is 422 g/mol. The second-order valence-corrected chi connectivity index (χ2v) is 9.94. The van der Waals surface area contributed by atoms with Gasteiger partial charge in [-0.1, -0.05) is 24.3 Å². The van der Waals surface area contributed by atoms with Gasteiger partial charge in [-0.2, -0.15) is 0 Å². The number of pyridine rings is 1. The first-order valence-corrected chi connectivity index (χ1v) is 12.0. The van der Waals surface area contributed by atoms with E-state index < -0.39 is 15.7 Å². The van der Waals surface area contributed by atoms with Crippen molar-refractivity contribution in [2.24, 2.45) is 5.73 Å². The van der Waals surface area contributed by atoms with Crippen LogP contribution in [0.25, 0.3) is 22.0 Å². The minimum atomic E-state index is -3.25. The molecule has 0 aliphatic rings. The highest BCUT2D eigenvalue weighted by Crippen LogP contribution is 2.31. The lowest BCUT2D eigenvalue weighted by atomic mass is 10.0. The summed E-state index contributed by atoms with van der Waals surface area (Å²) < 4.78 is 23.4. The van der Waals surface area contributed by atoms with Gasteiger partial charge in [-0.05, 0) is 66.4 Å². The molecule has 0 saturated carbocycles. The molecule has 0 aliphatic carbocycles. The molecule has 0 bridgehead atoms. The first-order chi connectivity index (χ1) is 15.1. The van der Waals surface area contributed by atoms with Crippen LogP contribution in [0.3, 0.4) is 0 Å². The van der Waals surface area contributed by atoms with Gasteiger partial charge in [0.1, 0.15) is 5.56 Å². The SMILES string of the molecule is Cc1ccc(Nc2c(C(N)=O)c[nH+]c3cc(-c4ccc(S(C)(=O)=O)cc4)ccc23)cc1C. The summed E-state index contributed by atoms with van der Waals surface area (Å²) in [6.07, 6.45) is 2.79. The molecule has 6 nitrogen and oxygen atoms in total. The van der Waals surface area contributed by atoms with Crippen molar-refractivity contribution in [3.05, 3.63) is 83.6 Å². The lowest BCUT2D eigenvalue weighted by Gasteiger charge is -2.13. The van der Waals surface area contributed by atoms with Gasteiger partial charge in [0.2, 0.25) is 5.52 Å². The van der Waals surface area contributed by atoms with Gasteiger partial charge in [0.15, 0.2) is 16.0 Å². The molecule has 4 rings (SSSR count). The van der Waals surface area contributed by atoms with Crippen molar-refractivity contribution >= 4 is 38.0 Å². The Morgan fingerprint density at radius 3 is 2.22 bits per heavy atom. The van der Waals surface area contributed by atoms with Crippen LogP contribution in [0.15, 0.2) is 71.8 Å². The molecule has 0 aliphatic heterocycles. The van der Waals surface area contributed by atoms with E-state index in [1.807, 2.05) is 50.2 Å². The Morgan fingerprint density at radius 1 is 0.906 bits per heavy atom. The van der Waals surface area contributed by atoms with E-state index in [2.05, 4.69) is 10.3 Å². The van der Waals surface area contributed by atoms with Crippen LogP contribution >= 0.6 is 0 Å². The highest BCUT2D eigenvalue weighted by Gasteiger charge is 2.18. The standard InChI is InChI=1S/C25H23N3O3S/c1-15-4-8-19(12-16(15)2)28-24-21-11-7-18(13-23(21)27-14-22(24)25(26)29)17-5-9-20(10-6-17)32(3,30)31/h4-14H,1-3H3,(H2,26,29)(H,27,28)/p+1. The maximum atomic E-state index is 12.1. The van der Waals surface area contributed by atoms with E-state index in [1.54, 1.807) is 30.5 Å². The highest BCUT2D eigenvalue weighted by atomic mass is 32.2. The van der Waals surface area contributed by atoms with E-state index in [0.29, 0.717) is 11.3 Å². The van der Waals surface area contributed by atoms with Crippen molar-refractivity contribution in [1.82, 2.24) is 0 Å². The molecule has 1 aromatic heterocycles. The van der Waals surface area contributed by atoms with Crippen LogP contribution in [0.4, 0.5) is 11.4 Å². The van der Waals surface area contributed by atoms with Crippen molar-refractivity contribution in [2.75, 3.05) is 11.6 Å². The number of hydrogen-bond acceptors (Lipinski definition) is 4. The van der Waals surface area contributed by atoms with Crippen LogP contribution in [0.5, 0.6) is 0 Å². The fourth-order valence-electron chi connectivity index (χ4n) is 3.62. The Bertz CT molecular complexity index is 1460. The second kappa shape index (κ2) is 8.09. The second-order valence-electron chi connectivity index (χ2n) is 7.92. The first-order valence-electron chi connectivity index (χ1n) is 10.1. The third-order valence-electron chi connectivity index (χ3n) is 5.59. The average Bonchev–Trinajstić information content (AvgIpc) is 2.75. The summed E-state index contributed by atoms with van der Waals surface area (Å²) in [6.45, 7) is 4.08. The van der Waals surface area contributed by atoms with E-state index >= 15 is 0 Å². The molecule has 4 N–H and O–H groups in total. The van der Waals surface area contributed by atoms with Crippen LogP contribution in [-0.4, -0.2) is 20.6 Å². The van der Waals surface area contributed by atoms with E-state index in [1.165, 1.54) is 11.8 Å². The molecule has 0 atom stereocenters. The van der Waals surface area contributed by atoms with E-state index in [-0.39, 0.29) is 4.90 Å². The van der Waals surface area contributed by atoms with Crippen LogP contribution in [0.2, 0.25) is 0 Å². The molecule has 0 saturated heterocycles. The number of rotatable bonds is 5. The Morgan fingerprint density at radius 2 is 1.59 bits per heavy atom. The number of nitrogens with two attached hydrogens (primary N) is 1. The van der Waals surface area contributed by atoms with Crippen LogP contribution in [-0.2, 0) is 9.84 Å². The first kappa shape index (κ1) is 21.5. The number of primary amides is 1. The summed E-state index contributed by atoms with van der Waals surface area (Å²) >= 11 is 0. The third kappa shape index (κ3) is 4.20. The number of aryl methyl sites for hydroxylation is 2. The summed E-state index contributed by atoms with van der Waals surface area (Å²) in [7, 11) is -3.25. The van der Waals surface area contributed by atoms with Crippen LogP contribution in [0.1, 0.15) is 21.5 Å². The molecule has 0 spiro atoms. The number of benzene rings is 3. The fourth-order valence-corrected chi connectivity index (χ4v) is 4.25. The molecule has 0 fully saturated rings. The van der Waals surface area contributed by atoms with Crippen molar-refractivity contribution in [2.45, 2.75) is 18.7 Å². The van der Waals surface area contributed by atoms with Gasteiger partial charge in [0, 0.05) is 18.0 Å². The zero-order valence-corrected chi connectivity index (χ0v) is 18.9. The van der Waals surface area contributed by atoms with Gasteiger partial charge in [-0.3, -0.25) is 4.79 Å². The van der Waals surface area contributed by atoms with Gasteiger partial charge in [0.25, 0.3) is 5.91 Å². The normalized spacial score (nSPS) is 11.5. The summed E-state index contributed by atoms with van der Waals surface area (Å²) in [4.78, 5) is 15.5. The molecule has 0 unspecified atom stereocenters. The van der Waals surface area contributed by atoms with E-state index in [4.69, 9.17) is 5.73 Å². The number of H-pyrrole nitrogens is 1. The number of nitrogens with one attached hydrogen (secondary N) is 2. The van der Waals surface area contributed by atoms with Crippen LogP contribution < -0.4 is 16.0 Å². The molecule has 1 heterocycles. The number of carbonyl (C=O) groups excluding carboxylic acids is 1. The molecular formula is C25H24N3O3S+. The lowest BCUT2D eigenvalue weighted by Crippen LogP contribution is -2.18. The zero-order chi connectivity index (χ0) is 23.0. The monoisotopic (exact) mass is 446 g/mol. The number of amides is 1. The number of carbonyl (C=O) groups is 1. The van der Waals surface area contributed by atoms with E-state index in [0.717, 1.165) is 33.3 Å². The Kier molecular flexibility index (Phi) is 5.44. The van der Waals surface area contributed by atoms with Gasteiger partial charge < -0.3 is 11.1 Å². The lowest BCUT2D eigenvalue weighted by molar-refractivity contribution is -0.344. The molecule has 1 amide bonds. The zero-order valence-electron chi connectivity index (χ0n) is 18.1. The van der Waals surface area contributed by atoms with Crippen molar-refractivity contribution in [3.63, 3.8) is 0 Å². The quantitative estimate of drug-likeness (QED) is 0.480. The molecule has 3 aromatic carbocycles. The number of aromatic nitrogens is 1. The van der Waals surface area contributed by atoms with Crippen molar-refractivity contribution in [3.8, 4) is 11.1 Å². The number of anilines is 2. The van der Waals surface area contributed by atoms with Crippen LogP contribution in [0, 0.1) is 13.8 Å². The molecule has 32 heavy (non-hydrogen) atoms.